The molecule has 7 heteroatoms. The molecule has 3 rings (SSSR count). The van der Waals surface area contributed by atoms with E-state index in [0.29, 0.717) is 37.9 Å². The van der Waals surface area contributed by atoms with E-state index in [1.54, 1.807) is 17.9 Å². The number of halogens is 3. The lowest BCUT2D eigenvalue weighted by molar-refractivity contribution is 0.0581. The van der Waals surface area contributed by atoms with Crippen LogP contribution in [-0.4, -0.2) is 35.2 Å². The summed E-state index contributed by atoms with van der Waals surface area (Å²) in [7, 11) is 0. The predicted molar refractivity (Wildman–Crippen MR) is 108 cm³/mol. The van der Waals surface area contributed by atoms with E-state index in [0.717, 1.165) is 17.2 Å². The van der Waals surface area contributed by atoms with Crippen molar-refractivity contribution in [3.05, 3.63) is 70.5 Å². The molecule has 1 unspecified atom stereocenters. The summed E-state index contributed by atoms with van der Waals surface area (Å²) in [5.41, 5.74) is 2.08. The van der Waals surface area contributed by atoms with Crippen LogP contribution in [0.4, 0.5) is 18.0 Å². The largest absolute Gasteiger partial charge is 0.393 e. The number of carbonyl (C=O) groups is 1. The number of aliphatic hydroxyl groups excluding tert-OH is 1. The number of piperidine rings is 1. The Morgan fingerprint density at radius 2 is 1.87 bits per heavy atom. The first-order chi connectivity index (χ1) is 14.2. The number of carbonyl (C=O) groups excluding carboxylic acids is 1. The van der Waals surface area contributed by atoms with Crippen LogP contribution in [0.2, 0.25) is 0 Å². The summed E-state index contributed by atoms with van der Waals surface area (Å²) in [4.78, 5) is 14.5. The average Bonchev–Trinajstić information content (AvgIpc) is 2.65. The van der Waals surface area contributed by atoms with Gasteiger partial charge in [-0.1, -0.05) is 13.0 Å². The Morgan fingerprint density at radius 1 is 1.17 bits per heavy atom. The van der Waals surface area contributed by atoms with Crippen LogP contribution < -0.4 is 5.32 Å². The van der Waals surface area contributed by atoms with Gasteiger partial charge in [0.05, 0.1) is 12.1 Å². The molecule has 4 nitrogen and oxygen atoms in total. The average molecular weight is 420 g/mol. The second kappa shape index (κ2) is 9.51. The van der Waals surface area contributed by atoms with Gasteiger partial charge in [-0.15, -0.1) is 0 Å². The zero-order valence-corrected chi connectivity index (χ0v) is 17.2. The molecule has 3 atom stereocenters. The zero-order chi connectivity index (χ0) is 21.8. The van der Waals surface area contributed by atoms with Crippen LogP contribution in [0.15, 0.2) is 36.4 Å². The fraction of sp³-hybridized carbons (Fsp3) is 0.435. The summed E-state index contributed by atoms with van der Waals surface area (Å²) >= 11 is 0. The smallest absolute Gasteiger partial charge is 0.317 e. The maximum Gasteiger partial charge on any atom is 0.317 e. The molecule has 0 aliphatic carbocycles. The van der Waals surface area contributed by atoms with E-state index in [1.165, 1.54) is 24.3 Å². The highest BCUT2D eigenvalue weighted by molar-refractivity contribution is 5.75. The fourth-order valence-corrected chi connectivity index (χ4v) is 4.06. The third-order valence-corrected chi connectivity index (χ3v) is 5.53. The van der Waals surface area contributed by atoms with Gasteiger partial charge in [0.2, 0.25) is 0 Å². The number of aliphatic hydroxyl groups is 1. The quantitative estimate of drug-likeness (QED) is 0.749. The van der Waals surface area contributed by atoms with E-state index < -0.39 is 17.7 Å². The minimum absolute atomic E-state index is 0.0310. The van der Waals surface area contributed by atoms with Crippen LogP contribution in [0.3, 0.4) is 0 Å². The van der Waals surface area contributed by atoms with Gasteiger partial charge in [0.25, 0.3) is 0 Å². The molecule has 1 heterocycles. The number of hydrogen-bond acceptors (Lipinski definition) is 2. The molecule has 0 spiro atoms. The van der Waals surface area contributed by atoms with Crippen molar-refractivity contribution in [2.75, 3.05) is 13.1 Å². The third kappa shape index (κ3) is 5.53. The molecule has 1 fully saturated rings. The van der Waals surface area contributed by atoms with Crippen LogP contribution in [0.25, 0.3) is 0 Å². The van der Waals surface area contributed by atoms with Crippen molar-refractivity contribution >= 4 is 6.03 Å². The van der Waals surface area contributed by atoms with E-state index >= 15 is 0 Å². The van der Waals surface area contributed by atoms with Crippen molar-refractivity contribution in [3.63, 3.8) is 0 Å². The maximum absolute atomic E-state index is 13.5. The van der Waals surface area contributed by atoms with Gasteiger partial charge in [-0.3, -0.25) is 0 Å². The topological polar surface area (TPSA) is 52.6 Å². The van der Waals surface area contributed by atoms with E-state index in [1.807, 2.05) is 6.92 Å². The number of urea groups is 1. The van der Waals surface area contributed by atoms with E-state index in [4.69, 9.17) is 0 Å². The third-order valence-electron chi connectivity index (χ3n) is 5.53. The van der Waals surface area contributed by atoms with E-state index in [9.17, 15) is 23.1 Å². The molecule has 0 bridgehead atoms. The number of aryl methyl sites for hydroxylation is 1. The first-order valence-corrected chi connectivity index (χ1v) is 10.2. The van der Waals surface area contributed by atoms with Gasteiger partial charge >= 0.3 is 6.03 Å². The van der Waals surface area contributed by atoms with Crippen LogP contribution in [0.5, 0.6) is 0 Å². The lowest BCUT2D eigenvalue weighted by Crippen LogP contribution is -2.48. The minimum Gasteiger partial charge on any atom is -0.393 e. The van der Waals surface area contributed by atoms with Gasteiger partial charge in [-0.25, -0.2) is 18.0 Å². The number of amides is 2. The van der Waals surface area contributed by atoms with Gasteiger partial charge in [0.15, 0.2) is 0 Å². The van der Waals surface area contributed by atoms with Gasteiger partial charge in [-0.05, 0) is 73.1 Å². The van der Waals surface area contributed by atoms with Crippen LogP contribution in [0, 0.1) is 30.3 Å². The minimum atomic E-state index is -0.620. The summed E-state index contributed by atoms with van der Waals surface area (Å²) < 4.78 is 40.2. The van der Waals surface area contributed by atoms with Crippen LogP contribution >= 0.6 is 0 Å². The van der Waals surface area contributed by atoms with Crippen molar-refractivity contribution in [3.8, 4) is 0 Å². The monoisotopic (exact) mass is 420 g/mol. The van der Waals surface area contributed by atoms with Gasteiger partial charge in [-0.2, -0.15) is 0 Å². The van der Waals surface area contributed by atoms with Crippen molar-refractivity contribution in [1.82, 2.24) is 10.2 Å². The second-order valence-corrected chi connectivity index (χ2v) is 8.16. The molecule has 1 saturated heterocycles. The molecule has 2 N–H and O–H groups in total. The molecule has 2 aromatic carbocycles. The summed E-state index contributed by atoms with van der Waals surface area (Å²) in [6.07, 6.45) is 0.763. The molecular weight excluding hydrogens is 393 g/mol. The Bertz CT molecular complexity index is 886. The lowest BCUT2D eigenvalue weighted by Gasteiger charge is -2.39. The van der Waals surface area contributed by atoms with Crippen LogP contribution in [0.1, 0.15) is 42.5 Å². The highest BCUT2D eigenvalue weighted by Gasteiger charge is 2.32. The van der Waals surface area contributed by atoms with Crippen molar-refractivity contribution in [1.29, 1.82) is 0 Å². The normalized spacial score (nSPS) is 20.1. The number of benzene rings is 2. The zero-order valence-electron chi connectivity index (χ0n) is 17.2. The van der Waals surface area contributed by atoms with Crippen molar-refractivity contribution < 1.29 is 23.1 Å². The first kappa shape index (κ1) is 22.2. The van der Waals surface area contributed by atoms with Crippen molar-refractivity contribution in [2.24, 2.45) is 5.92 Å². The summed E-state index contributed by atoms with van der Waals surface area (Å²) in [6.45, 7) is 4.41. The standard InChI is InChI=1S/C23H27F3N2O2/c1-14(7-16-9-18(25)11-19(26)10-16)13-27-23(30)28-6-5-20(29)12-22(28)21-4-3-17(24)8-15(21)2/h3-4,8-11,14,20,22,29H,5-7,12-13H2,1-2H3,(H,27,30)/t14?,20-,22+/m0/s1. The number of nitrogens with one attached hydrogen (secondary N) is 1. The Hall–Kier alpha value is -2.54. The molecular formula is C23H27F3N2O2. The number of hydrogen-bond donors (Lipinski definition) is 2. The Kier molecular flexibility index (Phi) is 7.02. The fourth-order valence-electron chi connectivity index (χ4n) is 4.06. The molecule has 0 radical (unpaired) electrons. The molecule has 2 aromatic rings. The molecule has 30 heavy (non-hydrogen) atoms. The molecule has 1 aliphatic heterocycles. The Labute approximate surface area is 174 Å². The van der Waals surface area contributed by atoms with Crippen molar-refractivity contribution in [2.45, 2.75) is 45.3 Å². The molecule has 1 aliphatic rings. The second-order valence-electron chi connectivity index (χ2n) is 8.16. The number of nitrogens with zero attached hydrogens (tertiary/aromatic N) is 1. The highest BCUT2D eigenvalue weighted by atomic mass is 19.1. The Balaban J connectivity index is 1.65. The summed E-state index contributed by atoms with van der Waals surface area (Å²) in [5.74, 6) is -1.61. The molecule has 162 valence electrons. The lowest BCUT2D eigenvalue weighted by atomic mass is 9.91. The Morgan fingerprint density at radius 3 is 2.53 bits per heavy atom. The molecule has 0 saturated carbocycles. The van der Waals surface area contributed by atoms with E-state index in [-0.39, 0.29) is 23.8 Å². The number of likely N-dealkylation sites (tertiary alicyclic amines) is 1. The van der Waals surface area contributed by atoms with Gasteiger partial charge in [0, 0.05) is 19.2 Å². The first-order valence-electron chi connectivity index (χ1n) is 10.2. The van der Waals surface area contributed by atoms with Crippen LogP contribution in [-0.2, 0) is 6.42 Å². The SMILES string of the molecule is Cc1cc(F)ccc1[C@H]1C[C@@H](O)CCN1C(=O)NCC(C)Cc1cc(F)cc(F)c1. The number of rotatable bonds is 5. The summed E-state index contributed by atoms with van der Waals surface area (Å²) in [5, 5.41) is 13.0. The van der Waals surface area contributed by atoms with Gasteiger partial charge < -0.3 is 15.3 Å². The van der Waals surface area contributed by atoms with E-state index in [2.05, 4.69) is 5.32 Å². The van der Waals surface area contributed by atoms with Gasteiger partial charge in [0.1, 0.15) is 17.5 Å². The molecule has 2 amide bonds. The maximum atomic E-state index is 13.5. The summed E-state index contributed by atoms with van der Waals surface area (Å²) in [6, 6.07) is 7.25. The predicted octanol–water partition coefficient (Wildman–Crippen LogP) is 4.50. The highest BCUT2D eigenvalue weighted by Crippen LogP contribution is 2.33. The molecule has 0 aromatic heterocycles.